The van der Waals surface area contributed by atoms with Crippen molar-refractivity contribution < 1.29 is 14.6 Å². The van der Waals surface area contributed by atoms with Gasteiger partial charge in [-0.2, -0.15) is 5.26 Å². The molecule has 0 aromatic heterocycles. The zero-order valence-corrected chi connectivity index (χ0v) is 13.2. The van der Waals surface area contributed by atoms with Crippen LogP contribution in [0.25, 0.3) is 0 Å². The van der Waals surface area contributed by atoms with Gasteiger partial charge in [0.05, 0.1) is 5.92 Å². The number of ether oxygens (including phenoxy) is 1. The van der Waals surface area contributed by atoms with Crippen molar-refractivity contribution in [3.63, 3.8) is 0 Å². The molecule has 0 radical (unpaired) electrons. The molecule has 1 aliphatic carbocycles. The van der Waals surface area contributed by atoms with Crippen LogP contribution < -0.4 is 5.73 Å². The normalized spacial score (nSPS) is 21.3. The molecule has 1 aliphatic heterocycles. The Bertz CT molecular complexity index is 774. The van der Waals surface area contributed by atoms with E-state index < -0.39 is 5.92 Å². The fourth-order valence-corrected chi connectivity index (χ4v) is 3.30. The molecular weight excluding hydrogens is 348 g/mol. The highest BCUT2D eigenvalue weighted by molar-refractivity contribution is 9.10. The molecule has 22 heavy (non-hydrogen) atoms. The number of benzene rings is 1. The highest BCUT2D eigenvalue weighted by Gasteiger charge is 2.39. The summed E-state index contributed by atoms with van der Waals surface area (Å²) in [6.45, 7) is 0. The van der Waals surface area contributed by atoms with Crippen LogP contribution in [-0.2, 0) is 9.53 Å². The number of ketones is 1. The molecule has 1 aromatic carbocycles. The summed E-state index contributed by atoms with van der Waals surface area (Å²) >= 11 is 3.35. The van der Waals surface area contributed by atoms with Gasteiger partial charge in [0, 0.05) is 28.5 Å². The third-order valence-corrected chi connectivity index (χ3v) is 4.40. The Hall–Kier alpha value is -2.26. The van der Waals surface area contributed by atoms with Gasteiger partial charge in [-0.3, -0.25) is 4.79 Å². The predicted molar refractivity (Wildman–Crippen MR) is 82.3 cm³/mol. The van der Waals surface area contributed by atoms with Gasteiger partial charge in [-0.15, -0.1) is 0 Å². The molecule has 0 saturated heterocycles. The van der Waals surface area contributed by atoms with Crippen LogP contribution in [-0.4, -0.2) is 10.9 Å². The fourth-order valence-electron chi connectivity index (χ4n) is 2.92. The first-order chi connectivity index (χ1) is 10.5. The standard InChI is InChI=1S/C16H13BrN2O3/c17-8-4-5-11(20)9(6-8)14-10(7-18)16(19)22-13-3-1-2-12(21)15(13)14/h4-6,14,20H,1-3,19H2/t14-/m0/s1. The first kappa shape index (κ1) is 14.7. The summed E-state index contributed by atoms with van der Waals surface area (Å²) in [5.41, 5.74) is 6.92. The third-order valence-electron chi connectivity index (χ3n) is 3.91. The maximum Gasteiger partial charge on any atom is 0.205 e. The second kappa shape index (κ2) is 5.50. The van der Waals surface area contributed by atoms with Crippen LogP contribution >= 0.6 is 15.9 Å². The smallest absolute Gasteiger partial charge is 0.205 e. The highest BCUT2D eigenvalue weighted by atomic mass is 79.9. The number of phenolic OH excluding ortho intramolecular Hbond substituents is 1. The Morgan fingerprint density at radius 2 is 2.18 bits per heavy atom. The Morgan fingerprint density at radius 1 is 1.41 bits per heavy atom. The van der Waals surface area contributed by atoms with Crippen LogP contribution in [0.1, 0.15) is 30.7 Å². The van der Waals surface area contributed by atoms with Crippen molar-refractivity contribution in [3.8, 4) is 11.8 Å². The number of Topliss-reactive ketones (excluding diaryl/α,β-unsaturated/α-hetero) is 1. The molecule has 2 aliphatic rings. The van der Waals surface area contributed by atoms with Gasteiger partial charge in [0.15, 0.2) is 5.78 Å². The van der Waals surface area contributed by atoms with Crippen molar-refractivity contribution in [2.24, 2.45) is 5.73 Å². The first-order valence-electron chi connectivity index (χ1n) is 6.85. The molecule has 1 atom stereocenters. The molecule has 1 aromatic rings. The average Bonchev–Trinajstić information content (AvgIpc) is 2.48. The van der Waals surface area contributed by atoms with Crippen molar-refractivity contribution in [2.75, 3.05) is 0 Å². The van der Waals surface area contributed by atoms with E-state index >= 15 is 0 Å². The number of hydrogen-bond acceptors (Lipinski definition) is 5. The number of nitrogens with two attached hydrogens (primary N) is 1. The number of halogens is 1. The Labute approximate surface area is 135 Å². The Morgan fingerprint density at radius 3 is 2.91 bits per heavy atom. The van der Waals surface area contributed by atoms with E-state index in [9.17, 15) is 15.2 Å². The number of nitrogens with zero attached hydrogens (tertiary/aromatic N) is 1. The zero-order valence-electron chi connectivity index (χ0n) is 11.6. The molecular formula is C16H13BrN2O3. The number of hydrogen-bond donors (Lipinski definition) is 2. The Kier molecular flexibility index (Phi) is 3.67. The number of carbonyl (C=O) groups is 1. The lowest BCUT2D eigenvalue weighted by molar-refractivity contribution is -0.116. The van der Waals surface area contributed by atoms with E-state index in [0.29, 0.717) is 36.2 Å². The van der Waals surface area contributed by atoms with Crippen LogP contribution in [0.3, 0.4) is 0 Å². The summed E-state index contributed by atoms with van der Waals surface area (Å²) in [7, 11) is 0. The summed E-state index contributed by atoms with van der Waals surface area (Å²) in [5.74, 6) is -0.219. The second-order valence-electron chi connectivity index (χ2n) is 5.24. The van der Waals surface area contributed by atoms with Crippen molar-refractivity contribution in [3.05, 3.63) is 51.0 Å². The van der Waals surface area contributed by atoms with Crippen molar-refractivity contribution in [1.29, 1.82) is 5.26 Å². The molecule has 6 heteroatoms. The van der Waals surface area contributed by atoms with Gasteiger partial charge in [-0.1, -0.05) is 15.9 Å². The average molecular weight is 361 g/mol. The number of aromatic hydroxyl groups is 1. The molecule has 0 saturated carbocycles. The molecule has 0 amide bonds. The van der Waals surface area contributed by atoms with E-state index in [1.807, 2.05) is 6.07 Å². The first-order valence-corrected chi connectivity index (χ1v) is 7.64. The van der Waals surface area contributed by atoms with Crippen LogP contribution in [0.2, 0.25) is 0 Å². The SMILES string of the molecule is N#CC1=C(N)OC2=C(C(=O)CCC2)[C@H]1c1cc(Br)ccc1O. The number of rotatable bonds is 1. The van der Waals surface area contributed by atoms with E-state index in [1.165, 1.54) is 6.07 Å². The summed E-state index contributed by atoms with van der Waals surface area (Å²) in [6.07, 6.45) is 1.71. The predicted octanol–water partition coefficient (Wildman–Crippen LogP) is 2.97. The van der Waals surface area contributed by atoms with Gasteiger partial charge in [0.1, 0.15) is 23.2 Å². The minimum Gasteiger partial charge on any atom is -0.508 e. The van der Waals surface area contributed by atoms with Crippen molar-refractivity contribution >= 4 is 21.7 Å². The number of phenols is 1. The van der Waals surface area contributed by atoms with Crippen molar-refractivity contribution in [2.45, 2.75) is 25.2 Å². The minimum absolute atomic E-state index is 0.000301. The van der Waals surface area contributed by atoms with Gasteiger partial charge in [0.25, 0.3) is 0 Å². The monoisotopic (exact) mass is 360 g/mol. The van der Waals surface area contributed by atoms with Gasteiger partial charge < -0.3 is 15.6 Å². The van der Waals surface area contributed by atoms with Gasteiger partial charge >= 0.3 is 0 Å². The van der Waals surface area contributed by atoms with E-state index in [4.69, 9.17) is 10.5 Å². The number of allylic oxidation sites excluding steroid dienone is 3. The Balaban J connectivity index is 2.25. The van der Waals surface area contributed by atoms with Crippen LogP contribution in [0.5, 0.6) is 5.75 Å². The fraction of sp³-hybridized carbons (Fsp3) is 0.250. The van der Waals surface area contributed by atoms with Crippen LogP contribution in [0.4, 0.5) is 0 Å². The van der Waals surface area contributed by atoms with Gasteiger partial charge in [-0.25, -0.2) is 0 Å². The molecule has 0 spiro atoms. The lowest BCUT2D eigenvalue weighted by Gasteiger charge is -2.31. The molecule has 3 rings (SSSR count). The topological polar surface area (TPSA) is 96.3 Å². The largest absolute Gasteiger partial charge is 0.508 e. The summed E-state index contributed by atoms with van der Waals surface area (Å²) in [4.78, 5) is 12.4. The molecule has 112 valence electrons. The van der Waals surface area contributed by atoms with Crippen molar-refractivity contribution in [1.82, 2.24) is 0 Å². The lowest BCUT2D eigenvalue weighted by Crippen LogP contribution is -2.27. The summed E-state index contributed by atoms with van der Waals surface area (Å²) in [6, 6.07) is 6.93. The molecule has 5 nitrogen and oxygen atoms in total. The van der Waals surface area contributed by atoms with Gasteiger partial charge in [-0.05, 0) is 24.6 Å². The number of carbonyl (C=O) groups excluding carboxylic acids is 1. The van der Waals surface area contributed by atoms with Crippen LogP contribution in [0, 0.1) is 11.3 Å². The van der Waals surface area contributed by atoms with Crippen LogP contribution in [0.15, 0.2) is 45.5 Å². The summed E-state index contributed by atoms with van der Waals surface area (Å²) in [5, 5.41) is 19.6. The maximum atomic E-state index is 12.4. The minimum atomic E-state index is -0.681. The van der Waals surface area contributed by atoms with E-state index in [1.54, 1.807) is 12.1 Å². The quantitative estimate of drug-likeness (QED) is 0.802. The van der Waals surface area contributed by atoms with E-state index in [-0.39, 0.29) is 23.0 Å². The highest BCUT2D eigenvalue weighted by Crippen LogP contribution is 2.46. The molecule has 1 heterocycles. The van der Waals surface area contributed by atoms with E-state index in [2.05, 4.69) is 15.9 Å². The lowest BCUT2D eigenvalue weighted by atomic mass is 9.77. The van der Waals surface area contributed by atoms with E-state index in [0.717, 1.165) is 4.47 Å². The number of nitriles is 1. The third kappa shape index (κ3) is 2.28. The molecule has 0 unspecified atom stereocenters. The molecule has 0 bridgehead atoms. The molecule has 0 fully saturated rings. The maximum absolute atomic E-state index is 12.4. The van der Waals surface area contributed by atoms with Gasteiger partial charge in [0.2, 0.25) is 5.88 Å². The molecule has 3 N–H and O–H groups in total. The summed E-state index contributed by atoms with van der Waals surface area (Å²) < 4.78 is 6.23. The zero-order chi connectivity index (χ0) is 15.9. The second-order valence-corrected chi connectivity index (χ2v) is 6.16.